The number of carbonyl (C=O) groups is 1. The van der Waals surface area contributed by atoms with Crippen molar-refractivity contribution in [3.63, 3.8) is 0 Å². The molecular weight excluding hydrogens is 200 g/mol. The molecule has 13 heavy (non-hydrogen) atoms. The van der Waals surface area contributed by atoms with Gasteiger partial charge in [-0.1, -0.05) is 0 Å². The van der Waals surface area contributed by atoms with Gasteiger partial charge in [0.25, 0.3) is 5.92 Å². The number of piperidine rings is 1. The number of likely N-dealkylation sites (tertiary alicyclic amines) is 1. The number of hydrogen-bond acceptors (Lipinski definition) is 1. The maximum absolute atomic E-state index is 12.8. The molecule has 0 aromatic carbocycles. The summed E-state index contributed by atoms with van der Waals surface area (Å²) < 4.78 is 25.7. The van der Waals surface area contributed by atoms with Crippen molar-refractivity contribution in [3.8, 4) is 0 Å². The maximum atomic E-state index is 12.8. The average molecular weight is 212 g/mol. The van der Waals surface area contributed by atoms with E-state index in [1.54, 1.807) is 0 Å². The van der Waals surface area contributed by atoms with Crippen molar-refractivity contribution in [3.05, 3.63) is 0 Å². The third-order valence-electron chi connectivity index (χ3n) is 2.04. The first-order valence-electron chi connectivity index (χ1n) is 4.23. The fourth-order valence-electron chi connectivity index (χ4n) is 1.41. The smallest absolute Gasteiger partial charge is 0.265 e. The summed E-state index contributed by atoms with van der Waals surface area (Å²) >= 11 is 5.52. The Kier molecular flexibility index (Phi) is 3.11. The minimum Gasteiger partial charge on any atom is -0.335 e. The Morgan fingerprint density at radius 2 is 2.23 bits per heavy atom. The van der Waals surface area contributed by atoms with Crippen LogP contribution in [0.1, 0.15) is 19.8 Å². The molecule has 0 aromatic rings. The lowest BCUT2D eigenvalue weighted by molar-refractivity contribution is -0.140. The normalized spacial score (nSPS) is 24.2. The minimum absolute atomic E-state index is 0.132. The molecule has 0 aliphatic carbocycles. The van der Waals surface area contributed by atoms with E-state index in [2.05, 4.69) is 0 Å². The van der Waals surface area contributed by atoms with E-state index in [-0.39, 0.29) is 6.42 Å². The Balaban J connectivity index is 2.57. The van der Waals surface area contributed by atoms with Crippen LogP contribution in [-0.2, 0) is 4.79 Å². The standard InChI is InChI=1S/C8H12ClF2NO/c1-6(9)7(13)12-4-2-3-8(10,11)5-12/h6H,2-5H2,1H3. The van der Waals surface area contributed by atoms with E-state index < -0.39 is 23.8 Å². The van der Waals surface area contributed by atoms with Crippen molar-refractivity contribution in [1.82, 2.24) is 4.90 Å². The molecule has 1 saturated heterocycles. The van der Waals surface area contributed by atoms with Gasteiger partial charge in [-0.3, -0.25) is 4.79 Å². The van der Waals surface area contributed by atoms with Gasteiger partial charge in [0, 0.05) is 13.0 Å². The first kappa shape index (κ1) is 10.7. The van der Waals surface area contributed by atoms with Crippen LogP contribution in [0.3, 0.4) is 0 Å². The zero-order valence-corrected chi connectivity index (χ0v) is 8.15. The molecule has 76 valence electrons. The second kappa shape index (κ2) is 3.78. The SMILES string of the molecule is CC(Cl)C(=O)N1CCCC(F)(F)C1. The van der Waals surface area contributed by atoms with Gasteiger partial charge in [-0.25, -0.2) is 8.78 Å². The van der Waals surface area contributed by atoms with Gasteiger partial charge in [-0.2, -0.15) is 0 Å². The highest BCUT2D eigenvalue weighted by Gasteiger charge is 2.37. The molecule has 1 amide bonds. The number of amides is 1. The first-order valence-corrected chi connectivity index (χ1v) is 4.67. The van der Waals surface area contributed by atoms with E-state index in [1.807, 2.05) is 0 Å². The molecule has 0 spiro atoms. The van der Waals surface area contributed by atoms with Gasteiger partial charge >= 0.3 is 0 Å². The molecular formula is C8H12ClF2NO. The zero-order chi connectivity index (χ0) is 10.1. The predicted octanol–water partition coefficient (Wildman–Crippen LogP) is 1.87. The highest BCUT2D eigenvalue weighted by molar-refractivity contribution is 6.30. The second-order valence-corrected chi connectivity index (χ2v) is 3.99. The maximum Gasteiger partial charge on any atom is 0.265 e. The Morgan fingerprint density at radius 3 is 2.69 bits per heavy atom. The molecule has 1 unspecified atom stereocenters. The van der Waals surface area contributed by atoms with Crippen molar-refractivity contribution in [1.29, 1.82) is 0 Å². The van der Waals surface area contributed by atoms with Crippen LogP contribution in [0.5, 0.6) is 0 Å². The van der Waals surface area contributed by atoms with Gasteiger partial charge in [0.15, 0.2) is 0 Å². The average Bonchev–Trinajstić information content (AvgIpc) is 2.01. The Bertz CT molecular complexity index is 208. The van der Waals surface area contributed by atoms with Crippen molar-refractivity contribution in [2.45, 2.75) is 31.1 Å². The molecule has 1 heterocycles. The molecule has 0 N–H and O–H groups in total. The van der Waals surface area contributed by atoms with Crippen LogP contribution in [0.25, 0.3) is 0 Å². The van der Waals surface area contributed by atoms with E-state index in [4.69, 9.17) is 11.6 Å². The van der Waals surface area contributed by atoms with E-state index >= 15 is 0 Å². The Hall–Kier alpha value is -0.380. The molecule has 5 heteroatoms. The summed E-state index contributed by atoms with van der Waals surface area (Å²) in [5.74, 6) is -3.14. The second-order valence-electron chi connectivity index (χ2n) is 3.34. The fraction of sp³-hybridized carbons (Fsp3) is 0.875. The summed E-state index contributed by atoms with van der Waals surface area (Å²) in [5.41, 5.74) is 0. The van der Waals surface area contributed by atoms with Crippen LogP contribution in [0, 0.1) is 0 Å². The molecule has 1 atom stereocenters. The van der Waals surface area contributed by atoms with E-state index in [0.717, 1.165) is 4.90 Å². The van der Waals surface area contributed by atoms with Gasteiger partial charge in [-0.15, -0.1) is 11.6 Å². The summed E-state index contributed by atoms with van der Waals surface area (Å²) in [6, 6.07) is 0. The number of hydrogen-bond donors (Lipinski definition) is 0. The van der Waals surface area contributed by atoms with Gasteiger partial charge in [0.1, 0.15) is 5.38 Å². The molecule has 1 aliphatic heterocycles. The summed E-state index contributed by atoms with van der Waals surface area (Å²) in [4.78, 5) is 12.4. The highest BCUT2D eigenvalue weighted by Crippen LogP contribution is 2.27. The summed E-state index contributed by atoms with van der Waals surface area (Å²) in [7, 11) is 0. The first-order chi connectivity index (χ1) is 5.92. The van der Waals surface area contributed by atoms with Crippen LogP contribution >= 0.6 is 11.6 Å². The largest absolute Gasteiger partial charge is 0.335 e. The highest BCUT2D eigenvalue weighted by atomic mass is 35.5. The third-order valence-corrected chi connectivity index (χ3v) is 2.23. The lowest BCUT2D eigenvalue weighted by atomic mass is 10.1. The molecule has 1 fully saturated rings. The van der Waals surface area contributed by atoms with Crippen LogP contribution < -0.4 is 0 Å². The van der Waals surface area contributed by atoms with E-state index in [0.29, 0.717) is 13.0 Å². The van der Waals surface area contributed by atoms with Crippen LogP contribution in [0.4, 0.5) is 8.78 Å². The molecule has 1 rings (SSSR count). The van der Waals surface area contributed by atoms with E-state index in [9.17, 15) is 13.6 Å². The van der Waals surface area contributed by atoms with E-state index in [1.165, 1.54) is 6.92 Å². The molecule has 0 radical (unpaired) electrons. The van der Waals surface area contributed by atoms with Crippen molar-refractivity contribution < 1.29 is 13.6 Å². The van der Waals surface area contributed by atoms with Gasteiger partial charge in [0.05, 0.1) is 6.54 Å². The van der Waals surface area contributed by atoms with Gasteiger partial charge in [-0.05, 0) is 13.3 Å². The summed E-state index contributed by atoms with van der Waals surface area (Å²) in [6.45, 7) is 1.41. The number of nitrogens with zero attached hydrogens (tertiary/aromatic N) is 1. The van der Waals surface area contributed by atoms with Crippen molar-refractivity contribution in [2.75, 3.05) is 13.1 Å². The Morgan fingerprint density at radius 1 is 1.62 bits per heavy atom. The monoisotopic (exact) mass is 211 g/mol. The van der Waals surface area contributed by atoms with Gasteiger partial charge < -0.3 is 4.90 Å². The van der Waals surface area contributed by atoms with Crippen molar-refractivity contribution in [2.24, 2.45) is 0 Å². The summed E-state index contributed by atoms with van der Waals surface area (Å²) in [6.07, 6.45) is 0.218. The van der Waals surface area contributed by atoms with Crippen molar-refractivity contribution >= 4 is 17.5 Å². The van der Waals surface area contributed by atoms with Crippen LogP contribution in [0.2, 0.25) is 0 Å². The topological polar surface area (TPSA) is 20.3 Å². The lowest BCUT2D eigenvalue weighted by Gasteiger charge is -2.33. The van der Waals surface area contributed by atoms with Crippen LogP contribution in [0.15, 0.2) is 0 Å². The number of carbonyl (C=O) groups excluding carboxylic acids is 1. The van der Waals surface area contributed by atoms with Gasteiger partial charge in [0.2, 0.25) is 5.91 Å². The third kappa shape index (κ3) is 2.79. The molecule has 1 aliphatic rings. The van der Waals surface area contributed by atoms with Crippen LogP contribution in [-0.4, -0.2) is 35.2 Å². The predicted molar refractivity (Wildman–Crippen MR) is 46.1 cm³/mol. The Labute approximate surface area is 80.8 Å². The zero-order valence-electron chi connectivity index (χ0n) is 7.40. The number of halogens is 3. The lowest BCUT2D eigenvalue weighted by Crippen LogP contribution is -2.47. The fourth-order valence-corrected chi connectivity index (χ4v) is 1.54. The number of alkyl halides is 3. The minimum atomic E-state index is -2.74. The molecule has 0 saturated carbocycles. The molecule has 0 bridgehead atoms. The molecule has 2 nitrogen and oxygen atoms in total. The number of rotatable bonds is 1. The quantitative estimate of drug-likeness (QED) is 0.607. The molecule has 0 aromatic heterocycles. The summed E-state index contributed by atoms with van der Waals surface area (Å²) in [5, 5.41) is -0.714.